The average molecular weight is 207 g/mol. The molecule has 0 aliphatic heterocycles. The van der Waals surface area contributed by atoms with E-state index < -0.39 is 5.82 Å². The molecule has 1 N–H and O–H groups in total. The number of hydrogen-bond acceptors (Lipinski definition) is 4. The van der Waals surface area contributed by atoms with Gasteiger partial charge in [-0.05, 0) is 12.1 Å². The summed E-state index contributed by atoms with van der Waals surface area (Å²) in [4.78, 5) is 1.64. The predicted octanol–water partition coefficient (Wildman–Crippen LogP) is 1.57. The van der Waals surface area contributed by atoms with Crippen LogP contribution in [0.4, 0.5) is 10.1 Å². The van der Waals surface area contributed by atoms with E-state index in [9.17, 15) is 4.39 Å². The van der Waals surface area contributed by atoms with Crippen molar-refractivity contribution in [1.82, 2.24) is 0 Å². The molecule has 0 unspecified atom stereocenters. The van der Waals surface area contributed by atoms with Gasteiger partial charge in [0, 0.05) is 19.7 Å². The Labute approximate surface area is 86.9 Å². The minimum atomic E-state index is -0.679. The summed E-state index contributed by atoms with van der Waals surface area (Å²) in [5, 5.41) is 19.8. The summed E-state index contributed by atoms with van der Waals surface area (Å²) in [6.07, 6.45) is 0.954. The Hall–Kier alpha value is -2.09. The molecule has 0 amide bonds. The monoisotopic (exact) mass is 207 g/mol. The molecule has 0 spiro atoms. The summed E-state index contributed by atoms with van der Waals surface area (Å²) in [5.74, 6) is -0.679. The number of benzene rings is 1. The lowest BCUT2D eigenvalue weighted by Crippen LogP contribution is -2.12. The number of oxime groups is 1. The maximum atomic E-state index is 13.6. The van der Waals surface area contributed by atoms with E-state index in [1.165, 1.54) is 6.07 Å². The van der Waals surface area contributed by atoms with Crippen LogP contribution in [0, 0.1) is 17.1 Å². The first kappa shape index (κ1) is 11.0. The number of rotatable bonds is 2. The van der Waals surface area contributed by atoms with Gasteiger partial charge in [-0.25, -0.2) is 4.39 Å². The van der Waals surface area contributed by atoms with Crippen LogP contribution in [0.1, 0.15) is 11.1 Å². The van der Waals surface area contributed by atoms with E-state index in [-0.39, 0.29) is 11.1 Å². The van der Waals surface area contributed by atoms with Gasteiger partial charge < -0.3 is 10.1 Å². The summed E-state index contributed by atoms with van der Waals surface area (Å²) in [6, 6.07) is 4.83. The summed E-state index contributed by atoms with van der Waals surface area (Å²) >= 11 is 0. The van der Waals surface area contributed by atoms with Gasteiger partial charge in [0.25, 0.3) is 0 Å². The van der Waals surface area contributed by atoms with Crippen LogP contribution >= 0.6 is 0 Å². The van der Waals surface area contributed by atoms with Gasteiger partial charge in [-0.2, -0.15) is 5.26 Å². The van der Waals surface area contributed by atoms with Gasteiger partial charge in [0.05, 0.1) is 11.9 Å². The lowest BCUT2D eigenvalue weighted by molar-refractivity contribution is 0.321. The van der Waals surface area contributed by atoms with Crippen LogP contribution in [0.15, 0.2) is 17.3 Å². The third kappa shape index (κ3) is 2.05. The molecular formula is C10H10FN3O. The Balaban J connectivity index is 3.41. The molecule has 0 bridgehead atoms. The normalized spacial score (nSPS) is 10.3. The van der Waals surface area contributed by atoms with Crippen LogP contribution in [-0.4, -0.2) is 25.5 Å². The molecule has 0 atom stereocenters. The number of anilines is 1. The lowest BCUT2D eigenvalue weighted by Gasteiger charge is -2.14. The molecule has 0 aliphatic rings. The molecule has 4 nitrogen and oxygen atoms in total. The SMILES string of the molecule is CN(C)c1ccc(C=NO)c(F)c1C#N. The number of nitrogens with zero attached hydrogens (tertiary/aromatic N) is 3. The summed E-state index contributed by atoms with van der Waals surface area (Å²) in [7, 11) is 3.44. The molecule has 0 aromatic heterocycles. The van der Waals surface area contributed by atoms with Gasteiger partial charge >= 0.3 is 0 Å². The molecule has 15 heavy (non-hydrogen) atoms. The Kier molecular flexibility index (Phi) is 3.24. The highest BCUT2D eigenvalue weighted by atomic mass is 19.1. The van der Waals surface area contributed by atoms with Crippen LogP contribution in [0.5, 0.6) is 0 Å². The number of nitriles is 1. The van der Waals surface area contributed by atoms with E-state index in [1.54, 1.807) is 31.1 Å². The molecular weight excluding hydrogens is 197 g/mol. The van der Waals surface area contributed by atoms with Crippen molar-refractivity contribution in [3.05, 3.63) is 29.1 Å². The number of halogens is 1. The van der Waals surface area contributed by atoms with Crippen LogP contribution in [0.25, 0.3) is 0 Å². The topological polar surface area (TPSA) is 59.6 Å². The molecule has 0 radical (unpaired) electrons. The molecule has 78 valence electrons. The summed E-state index contributed by atoms with van der Waals surface area (Å²) in [6.45, 7) is 0. The Bertz CT molecular complexity index is 435. The van der Waals surface area contributed by atoms with E-state index in [1.807, 2.05) is 0 Å². The standard InChI is InChI=1S/C10H10FN3O/c1-14(2)9-4-3-7(6-13-15)10(11)8(9)5-12/h3-4,6,15H,1-2H3. The Morgan fingerprint density at radius 1 is 1.53 bits per heavy atom. The van der Waals surface area contributed by atoms with Crippen molar-refractivity contribution in [3.8, 4) is 6.07 Å². The van der Waals surface area contributed by atoms with E-state index in [2.05, 4.69) is 5.16 Å². The maximum absolute atomic E-state index is 13.6. The van der Waals surface area contributed by atoms with Crippen molar-refractivity contribution in [3.63, 3.8) is 0 Å². The molecule has 0 aliphatic carbocycles. The van der Waals surface area contributed by atoms with Crippen molar-refractivity contribution in [1.29, 1.82) is 5.26 Å². The zero-order chi connectivity index (χ0) is 11.4. The van der Waals surface area contributed by atoms with Crippen molar-refractivity contribution >= 4 is 11.9 Å². The average Bonchev–Trinajstić information content (AvgIpc) is 2.20. The largest absolute Gasteiger partial charge is 0.411 e. The first-order valence-corrected chi connectivity index (χ1v) is 4.19. The minimum absolute atomic E-state index is 0.0580. The van der Waals surface area contributed by atoms with Gasteiger partial charge in [0.2, 0.25) is 0 Å². The minimum Gasteiger partial charge on any atom is -0.411 e. The molecule has 1 rings (SSSR count). The van der Waals surface area contributed by atoms with Gasteiger partial charge in [0.15, 0.2) is 5.82 Å². The molecule has 0 saturated heterocycles. The second-order valence-electron chi connectivity index (χ2n) is 3.11. The quantitative estimate of drug-likeness (QED) is 0.455. The third-order valence-electron chi connectivity index (χ3n) is 1.94. The fraction of sp³-hybridized carbons (Fsp3) is 0.200. The van der Waals surface area contributed by atoms with Crippen LogP contribution in [0.3, 0.4) is 0 Å². The lowest BCUT2D eigenvalue weighted by atomic mass is 10.1. The zero-order valence-corrected chi connectivity index (χ0v) is 8.40. The smallest absolute Gasteiger partial charge is 0.151 e. The van der Waals surface area contributed by atoms with Gasteiger partial charge in [-0.15, -0.1) is 0 Å². The molecule has 0 fully saturated rings. The first-order chi connectivity index (χ1) is 7.11. The molecule has 0 heterocycles. The van der Waals surface area contributed by atoms with E-state index in [4.69, 9.17) is 10.5 Å². The van der Waals surface area contributed by atoms with Crippen LogP contribution in [0.2, 0.25) is 0 Å². The van der Waals surface area contributed by atoms with E-state index in [0.717, 1.165) is 6.21 Å². The van der Waals surface area contributed by atoms with Crippen LogP contribution in [-0.2, 0) is 0 Å². The van der Waals surface area contributed by atoms with Crippen molar-refractivity contribution < 1.29 is 9.60 Å². The van der Waals surface area contributed by atoms with Crippen molar-refractivity contribution in [2.24, 2.45) is 5.16 Å². The highest BCUT2D eigenvalue weighted by Gasteiger charge is 2.13. The highest BCUT2D eigenvalue weighted by Crippen LogP contribution is 2.22. The van der Waals surface area contributed by atoms with E-state index >= 15 is 0 Å². The Morgan fingerprint density at radius 3 is 2.67 bits per heavy atom. The molecule has 5 heteroatoms. The fourth-order valence-electron chi connectivity index (χ4n) is 1.22. The molecule has 0 saturated carbocycles. The van der Waals surface area contributed by atoms with Crippen molar-refractivity contribution in [2.45, 2.75) is 0 Å². The highest BCUT2D eigenvalue weighted by molar-refractivity contribution is 5.82. The fourth-order valence-corrected chi connectivity index (χ4v) is 1.22. The van der Waals surface area contributed by atoms with E-state index in [0.29, 0.717) is 5.69 Å². The first-order valence-electron chi connectivity index (χ1n) is 4.19. The second-order valence-corrected chi connectivity index (χ2v) is 3.11. The molecule has 1 aromatic carbocycles. The van der Waals surface area contributed by atoms with Crippen LogP contribution < -0.4 is 4.90 Å². The van der Waals surface area contributed by atoms with Gasteiger partial charge in [0.1, 0.15) is 11.6 Å². The van der Waals surface area contributed by atoms with Gasteiger partial charge in [-0.1, -0.05) is 5.16 Å². The summed E-state index contributed by atoms with van der Waals surface area (Å²) in [5.41, 5.74) is 0.516. The number of hydrogen-bond donors (Lipinski definition) is 1. The maximum Gasteiger partial charge on any atom is 0.151 e. The summed E-state index contributed by atoms with van der Waals surface area (Å²) < 4.78 is 13.6. The predicted molar refractivity (Wildman–Crippen MR) is 54.8 cm³/mol. The van der Waals surface area contributed by atoms with Gasteiger partial charge in [-0.3, -0.25) is 0 Å². The Morgan fingerprint density at radius 2 is 2.20 bits per heavy atom. The zero-order valence-electron chi connectivity index (χ0n) is 8.40. The third-order valence-corrected chi connectivity index (χ3v) is 1.94. The molecule has 1 aromatic rings. The second kappa shape index (κ2) is 4.42. The van der Waals surface area contributed by atoms with Crippen molar-refractivity contribution in [2.75, 3.05) is 19.0 Å².